The second kappa shape index (κ2) is 3.21. The van der Waals surface area contributed by atoms with Crippen molar-refractivity contribution in [2.24, 2.45) is 5.92 Å². The van der Waals surface area contributed by atoms with Gasteiger partial charge < -0.3 is 5.32 Å². The zero-order valence-electron chi connectivity index (χ0n) is 6.19. The zero-order chi connectivity index (χ0) is 6.69. The van der Waals surface area contributed by atoms with Crippen LogP contribution in [0.5, 0.6) is 0 Å². The van der Waals surface area contributed by atoms with Crippen molar-refractivity contribution in [1.82, 2.24) is 5.32 Å². The lowest BCUT2D eigenvalue weighted by Crippen LogP contribution is -2.27. The van der Waals surface area contributed by atoms with E-state index in [0.29, 0.717) is 6.04 Å². The highest BCUT2D eigenvalue weighted by atomic mass is 14.9. The van der Waals surface area contributed by atoms with Gasteiger partial charge in [0.15, 0.2) is 0 Å². The third kappa shape index (κ3) is 1.98. The van der Waals surface area contributed by atoms with Gasteiger partial charge in [-0.15, -0.1) is 0 Å². The molecule has 0 spiro atoms. The molecule has 0 amide bonds. The van der Waals surface area contributed by atoms with Crippen LogP contribution in [0.1, 0.15) is 32.6 Å². The van der Waals surface area contributed by atoms with Crippen LogP contribution in [0.3, 0.4) is 0 Å². The van der Waals surface area contributed by atoms with Crippen molar-refractivity contribution in [2.75, 3.05) is 0 Å². The minimum atomic E-state index is 0.709. The Morgan fingerprint density at radius 1 is 1.22 bits per heavy atom. The van der Waals surface area contributed by atoms with E-state index in [0.717, 1.165) is 5.92 Å². The topological polar surface area (TPSA) is 12.0 Å². The monoisotopic (exact) mass is 126 g/mol. The van der Waals surface area contributed by atoms with Crippen molar-refractivity contribution in [3.63, 3.8) is 0 Å². The minimum absolute atomic E-state index is 0.709. The molecule has 1 N–H and O–H groups in total. The van der Waals surface area contributed by atoms with Crippen molar-refractivity contribution < 1.29 is 0 Å². The summed E-state index contributed by atoms with van der Waals surface area (Å²) in [4.78, 5) is 0. The summed E-state index contributed by atoms with van der Waals surface area (Å²) in [6, 6.07) is 0.709. The van der Waals surface area contributed by atoms with Gasteiger partial charge in [0.05, 0.1) is 0 Å². The van der Waals surface area contributed by atoms with Crippen molar-refractivity contribution >= 4 is 0 Å². The van der Waals surface area contributed by atoms with Gasteiger partial charge >= 0.3 is 0 Å². The van der Waals surface area contributed by atoms with Gasteiger partial charge in [-0.1, -0.05) is 6.92 Å². The molecule has 1 aliphatic rings. The number of rotatable bonds is 1. The van der Waals surface area contributed by atoms with Crippen LogP contribution in [-0.4, -0.2) is 6.04 Å². The Bertz CT molecular complexity index is 72.6. The zero-order valence-corrected chi connectivity index (χ0v) is 6.19. The normalized spacial score (nSPS) is 36.7. The van der Waals surface area contributed by atoms with E-state index in [-0.39, 0.29) is 0 Å². The first-order chi connectivity index (χ1) is 4.33. The summed E-state index contributed by atoms with van der Waals surface area (Å²) >= 11 is 0. The van der Waals surface area contributed by atoms with Crippen molar-refractivity contribution in [2.45, 2.75) is 38.6 Å². The molecule has 1 nitrogen and oxygen atoms in total. The predicted molar refractivity (Wildman–Crippen MR) is 39.9 cm³/mol. The van der Waals surface area contributed by atoms with E-state index < -0.39 is 0 Å². The van der Waals surface area contributed by atoms with Gasteiger partial charge in [0.1, 0.15) is 0 Å². The second-order valence-corrected chi connectivity index (χ2v) is 3.16. The van der Waals surface area contributed by atoms with Gasteiger partial charge in [0.2, 0.25) is 0 Å². The van der Waals surface area contributed by atoms with Crippen molar-refractivity contribution in [3.8, 4) is 0 Å². The molecule has 0 heterocycles. The van der Waals surface area contributed by atoms with E-state index in [1.807, 2.05) is 0 Å². The van der Waals surface area contributed by atoms with E-state index in [1.54, 1.807) is 0 Å². The van der Waals surface area contributed by atoms with Gasteiger partial charge in [0, 0.05) is 13.1 Å². The Balaban J connectivity index is 2.18. The van der Waals surface area contributed by atoms with Crippen molar-refractivity contribution in [3.05, 3.63) is 7.05 Å². The Morgan fingerprint density at radius 3 is 2.22 bits per heavy atom. The average molecular weight is 126 g/mol. The molecule has 1 heteroatoms. The first kappa shape index (κ1) is 7.07. The van der Waals surface area contributed by atoms with Crippen LogP contribution in [0, 0.1) is 13.0 Å². The molecule has 0 aromatic carbocycles. The fourth-order valence-electron chi connectivity index (χ4n) is 1.46. The maximum absolute atomic E-state index is 3.68. The standard InChI is InChI=1S/C8H16N/c1-7-3-5-8(9-2)6-4-7/h7-9H,2-6H2,1H3/t7-,8+. The van der Waals surface area contributed by atoms with Gasteiger partial charge in [-0.2, -0.15) is 0 Å². The van der Waals surface area contributed by atoms with Crippen LogP contribution in [0.25, 0.3) is 0 Å². The molecule has 53 valence electrons. The van der Waals surface area contributed by atoms with Crippen molar-refractivity contribution in [1.29, 1.82) is 0 Å². The van der Waals surface area contributed by atoms with Crippen LogP contribution in [0.2, 0.25) is 0 Å². The molecule has 1 aliphatic carbocycles. The maximum atomic E-state index is 3.68. The van der Waals surface area contributed by atoms with Gasteiger partial charge in [-0.25, -0.2) is 0 Å². The van der Waals surface area contributed by atoms with Crippen LogP contribution < -0.4 is 5.32 Å². The lowest BCUT2D eigenvalue weighted by atomic mass is 9.87. The molecule has 0 saturated heterocycles. The summed E-state index contributed by atoms with van der Waals surface area (Å²) in [5, 5.41) is 3.07. The summed E-state index contributed by atoms with van der Waals surface area (Å²) in [7, 11) is 3.68. The Morgan fingerprint density at radius 2 is 1.78 bits per heavy atom. The summed E-state index contributed by atoms with van der Waals surface area (Å²) in [5.74, 6) is 0.953. The summed E-state index contributed by atoms with van der Waals surface area (Å²) in [6.07, 6.45) is 5.41. The quantitative estimate of drug-likeness (QED) is 0.566. The molecular weight excluding hydrogens is 110 g/mol. The van der Waals surface area contributed by atoms with E-state index in [2.05, 4.69) is 19.3 Å². The third-order valence-corrected chi connectivity index (χ3v) is 2.30. The van der Waals surface area contributed by atoms with Crippen LogP contribution >= 0.6 is 0 Å². The molecule has 1 fully saturated rings. The molecule has 1 radical (unpaired) electrons. The lowest BCUT2D eigenvalue weighted by Gasteiger charge is -2.25. The Hall–Kier alpha value is -0.0400. The molecular formula is C8H16N. The molecule has 0 unspecified atom stereocenters. The summed E-state index contributed by atoms with van der Waals surface area (Å²) in [5.41, 5.74) is 0. The highest BCUT2D eigenvalue weighted by Gasteiger charge is 2.15. The number of nitrogens with one attached hydrogen (secondary N) is 1. The van der Waals surface area contributed by atoms with E-state index in [1.165, 1.54) is 25.7 Å². The van der Waals surface area contributed by atoms with Gasteiger partial charge in [-0.3, -0.25) is 0 Å². The largest absolute Gasteiger partial charge is 0.313 e. The minimum Gasteiger partial charge on any atom is -0.313 e. The SMILES string of the molecule is [CH2]N[C@H]1CC[C@@H](C)CC1. The number of hydrogen-bond donors (Lipinski definition) is 1. The Labute approximate surface area is 57.8 Å². The molecule has 0 aromatic heterocycles. The first-order valence-electron chi connectivity index (χ1n) is 3.85. The van der Waals surface area contributed by atoms with Crippen LogP contribution in [0.15, 0.2) is 0 Å². The maximum Gasteiger partial charge on any atom is 0.00794 e. The molecule has 0 bridgehead atoms. The molecule has 0 atom stereocenters. The summed E-state index contributed by atoms with van der Waals surface area (Å²) in [6.45, 7) is 2.33. The molecule has 1 saturated carbocycles. The number of hydrogen-bond acceptors (Lipinski definition) is 1. The van der Waals surface area contributed by atoms with E-state index >= 15 is 0 Å². The highest BCUT2D eigenvalue weighted by molar-refractivity contribution is 4.74. The second-order valence-electron chi connectivity index (χ2n) is 3.16. The highest BCUT2D eigenvalue weighted by Crippen LogP contribution is 2.22. The molecule has 0 aromatic rings. The fraction of sp³-hybridized carbons (Fsp3) is 0.875. The smallest absolute Gasteiger partial charge is 0.00794 e. The van der Waals surface area contributed by atoms with E-state index in [9.17, 15) is 0 Å². The molecule has 0 aliphatic heterocycles. The fourth-order valence-corrected chi connectivity index (χ4v) is 1.46. The van der Waals surface area contributed by atoms with Crippen LogP contribution in [0.4, 0.5) is 0 Å². The van der Waals surface area contributed by atoms with Gasteiger partial charge in [0.25, 0.3) is 0 Å². The van der Waals surface area contributed by atoms with E-state index in [4.69, 9.17) is 0 Å². The summed E-state index contributed by atoms with van der Waals surface area (Å²) < 4.78 is 0. The Kier molecular flexibility index (Phi) is 2.52. The predicted octanol–water partition coefficient (Wildman–Crippen LogP) is 1.95. The third-order valence-electron chi connectivity index (χ3n) is 2.30. The molecule has 1 rings (SSSR count). The van der Waals surface area contributed by atoms with Crippen LogP contribution in [-0.2, 0) is 0 Å². The molecule has 9 heavy (non-hydrogen) atoms. The average Bonchev–Trinajstić information content (AvgIpc) is 1.90. The lowest BCUT2D eigenvalue weighted by molar-refractivity contribution is 0.325. The van der Waals surface area contributed by atoms with Gasteiger partial charge in [-0.05, 0) is 31.6 Å². The first-order valence-corrected chi connectivity index (χ1v) is 3.85.